The minimum Gasteiger partial charge on any atom is -0.497 e. The van der Waals surface area contributed by atoms with E-state index in [1.807, 2.05) is 0 Å². The first-order chi connectivity index (χ1) is 12.4. The van der Waals surface area contributed by atoms with Gasteiger partial charge in [-0.05, 0) is 12.1 Å². The predicted molar refractivity (Wildman–Crippen MR) is 84.0 cm³/mol. The number of nitrogens with zero attached hydrogens (tertiary/aromatic N) is 1. The van der Waals surface area contributed by atoms with Gasteiger partial charge < -0.3 is 28.6 Å². The quantitative estimate of drug-likeness (QED) is 0.697. The molecule has 2 rings (SSSR count). The minimum atomic E-state index is -3.10. The summed E-state index contributed by atoms with van der Waals surface area (Å²) in [6.45, 7) is -3.51. The number of carbonyl (C=O) groups excluding carboxylic acids is 2. The molecular weight excluding hydrogens is 356 g/mol. The second-order valence-corrected chi connectivity index (χ2v) is 4.93. The van der Waals surface area contributed by atoms with Crippen LogP contribution in [0.1, 0.15) is 0 Å². The van der Waals surface area contributed by atoms with Crippen LogP contribution in [0.3, 0.4) is 0 Å². The highest BCUT2D eigenvalue weighted by atomic mass is 19.3. The maximum absolute atomic E-state index is 12.8. The number of rotatable bonds is 6. The van der Waals surface area contributed by atoms with Crippen LogP contribution in [0.2, 0.25) is 0 Å². The molecule has 0 spiro atoms. The van der Waals surface area contributed by atoms with Crippen LogP contribution in [-0.2, 0) is 23.8 Å². The lowest BCUT2D eigenvalue weighted by atomic mass is 10.1. The summed E-state index contributed by atoms with van der Waals surface area (Å²) in [5, 5.41) is 0. The number of ether oxygens (including phenoxy) is 5. The largest absolute Gasteiger partial charge is 0.497 e. The molecule has 0 radical (unpaired) electrons. The van der Waals surface area contributed by atoms with E-state index in [1.54, 1.807) is 0 Å². The fourth-order valence-corrected chi connectivity index (χ4v) is 2.36. The van der Waals surface area contributed by atoms with Gasteiger partial charge in [-0.25, -0.2) is 9.59 Å². The normalized spacial score (nSPS) is 14.3. The number of benzene rings is 1. The maximum Gasteiger partial charge on any atom is 0.387 e. The highest BCUT2D eigenvalue weighted by Crippen LogP contribution is 2.37. The van der Waals surface area contributed by atoms with Crippen LogP contribution >= 0.6 is 0 Å². The summed E-state index contributed by atoms with van der Waals surface area (Å²) >= 11 is 0. The lowest BCUT2D eigenvalue weighted by molar-refractivity contribution is -0.140. The molecule has 26 heavy (non-hydrogen) atoms. The fraction of sp³-hybridized carbons (Fsp3) is 0.375. The Morgan fingerprint density at radius 2 is 1.85 bits per heavy atom. The highest BCUT2D eigenvalue weighted by Gasteiger charge is 2.34. The zero-order valence-electron chi connectivity index (χ0n) is 14.3. The Morgan fingerprint density at radius 1 is 1.15 bits per heavy atom. The minimum absolute atomic E-state index is 0.0335. The maximum atomic E-state index is 12.8. The molecule has 1 aliphatic rings. The summed E-state index contributed by atoms with van der Waals surface area (Å²) < 4.78 is 49.8. The van der Waals surface area contributed by atoms with Crippen molar-refractivity contribution in [1.29, 1.82) is 0 Å². The van der Waals surface area contributed by atoms with E-state index >= 15 is 0 Å². The molecule has 0 fully saturated rings. The zero-order valence-corrected chi connectivity index (χ0v) is 14.3. The summed E-state index contributed by atoms with van der Waals surface area (Å²) in [5.41, 5.74) is -0.277. The van der Waals surface area contributed by atoms with Gasteiger partial charge in [-0.1, -0.05) is 0 Å². The van der Waals surface area contributed by atoms with Gasteiger partial charge in [0.25, 0.3) is 0 Å². The number of esters is 2. The van der Waals surface area contributed by atoms with Gasteiger partial charge in [-0.2, -0.15) is 8.78 Å². The third-order valence-corrected chi connectivity index (χ3v) is 3.51. The first kappa shape index (κ1) is 19.4. The van der Waals surface area contributed by atoms with Gasteiger partial charge in [0, 0.05) is 6.07 Å². The van der Waals surface area contributed by atoms with E-state index in [1.165, 1.54) is 30.2 Å². The van der Waals surface area contributed by atoms with Gasteiger partial charge in [0.1, 0.15) is 23.9 Å². The Labute approximate surface area is 147 Å². The van der Waals surface area contributed by atoms with Gasteiger partial charge in [0.05, 0.1) is 39.2 Å². The van der Waals surface area contributed by atoms with Crippen molar-refractivity contribution in [2.75, 3.05) is 39.6 Å². The molecule has 1 aromatic carbocycles. The average Bonchev–Trinajstić information content (AvgIpc) is 2.66. The Hall–Kier alpha value is -2.88. The van der Waals surface area contributed by atoms with E-state index in [4.69, 9.17) is 14.2 Å². The third kappa shape index (κ3) is 4.02. The Balaban J connectivity index is 2.63. The standard InChI is InChI=1S/C16H17F2NO7/c1-22-9-4-5-12(26-16(17)18)11(6-9)19-8-25-7-10(14(20)23-2)13(19)15(21)24-3/h4-6,16H,7-8H2,1-3H3. The van der Waals surface area contributed by atoms with Gasteiger partial charge in [-0.3, -0.25) is 0 Å². The van der Waals surface area contributed by atoms with Crippen LogP contribution in [0, 0.1) is 0 Å². The van der Waals surface area contributed by atoms with E-state index in [0.29, 0.717) is 5.75 Å². The molecule has 0 N–H and O–H groups in total. The number of anilines is 1. The van der Waals surface area contributed by atoms with E-state index in [0.717, 1.165) is 14.2 Å². The molecule has 0 unspecified atom stereocenters. The van der Waals surface area contributed by atoms with Crippen LogP contribution in [0.25, 0.3) is 0 Å². The molecule has 1 aliphatic heterocycles. The van der Waals surface area contributed by atoms with Crippen molar-refractivity contribution in [3.8, 4) is 11.5 Å². The number of methoxy groups -OCH3 is 3. The molecule has 1 heterocycles. The molecule has 0 bridgehead atoms. The molecule has 8 nitrogen and oxygen atoms in total. The summed E-state index contributed by atoms with van der Waals surface area (Å²) in [5.74, 6) is -1.60. The number of hydrogen-bond donors (Lipinski definition) is 0. The molecular formula is C16H17F2NO7. The summed E-state index contributed by atoms with van der Waals surface area (Å²) in [4.78, 5) is 25.4. The first-order valence-electron chi connectivity index (χ1n) is 7.30. The Kier molecular flexibility index (Phi) is 6.34. The van der Waals surface area contributed by atoms with Crippen molar-refractivity contribution in [2.24, 2.45) is 0 Å². The van der Waals surface area contributed by atoms with Crippen LogP contribution in [0.15, 0.2) is 29.5 Å². The van der Waals surface area contributed by atoms with Crippen molar-refractivity contribution < 1.29 is 42.1 Å². The average molecular weight is 373 g/mol. The molecule has 1 aromatic rings. The molecule has 0 atom stereocenters. The van der Waals surface area contributed by atoms with E-state index < -0.39 is 18.6 Å². The third-order valence-electron chi connectivity index (χ3n) is 3.51. The number of hydrogen-bond acceptors (Lipinski definition) is 8. The van der Waals surface area contributed by atoms with Crippen LogP contribution in [0.4, 0.5) is 14.5 Å². The number of alkyl halides is 2. The summed E-state index contributed by atoms with van der Waals surface area (Å²) in [6, 6.07) is 4.03. The fourth-order valence-electron chi connectivity index (χ4n) is 2.36. The van der Waals surface area contributed by atoms with Gasteiger partial charge in [-0.15, -0.1) is 0 Å². The number of halogens is 2. The van der Waals surface area contributed by atoms with E-state index in [-0.39, 0.29) is 36.0 Å². The first-order valence-corrected chi connectivity index (χ1v) is 7.30. The number of carbonyl (C=O) groups is 2. The highest BCUT2D eigenvalue weighted by molar-refractivity contribution is 6.03. The van der Waals surface area contributed by atoms with Gasteiger partial charge >= 0.3 is 18.6 Å². The topological polar surface area (TPSA) is 83.5 Å². The lowest BCUT2D eigenvalue weighted by Crippen LogP contribution is -2.39. The van der Waals surface area contributed by atoms with Crippen LogP contribution < -0.4 is 14.4 Å². The van der Waals surface area contributed by atoms with Crippen LogP contribution in [0.5, 0.6) is 11.5 Å². The van der Waals surface area contributed by atoms with Crippen molar-refractivity contribution in [2.45, 2.75) is 6.61 Å². The molecule has 0 amide bonds. The summed E-state index contributed by atoms with van der Waals surface area (Å²) in [6.07, 6.45) is 0. The molecule has 0 saturated carbocycles. The van der Waals surface area contributed by atoms with E-state index in [9.17, 15) is 18.4 Å². The lowest BCUT2D eigenvalue weighted by Gasteiger charge is -2.32. The van der Waals surface area contributed by atoms with Crippen LogP contribution in [-0.4, -0.2) is 53.2 Å². The molecule has 0 aliphatic carbocycles. The monoisotopic (exact) mass is 373 g/mol. The smallest absolute Gasteiger partial charge is 0.387 e. The van der Waals surface area contributed by atoms with Gasteiger partial charge in [0.2, 0.25) is 0 Å². The molecule has 142 valence electrons. The van der Waals surface area contributed by atoms with Crippen molar-refractivity contribution >= 4 is 17.6 Å². The van der Waals surface area contributed by atoms with E-state index in [2.05, 4.69) is 9.47 Å². The second-order valence-electron chi connectivity index (χ2n) is 4.93. The Bertz CT molecular complexity index is 721. The van der Waals surface area contributed by atoms with Crippen molar-refractivity contribution in [3.63, 3.8) is 0 Å². The second kappa shape index (κ2) is 8.48. The van der Waals surface area contributed by atoms with Crippen molar-refractivity contribution in [3.05, 3.63) is 29.5 Å². The van der Waals surface area contributed by atoms with Gasteiger partial charge in [0.15, 0.2) is 0 Å². The predicted octanol–water partition coefficient (Wildman–Crippen LogP) is 1.69. The molecule has 0 aromatic heterocycles. The SMILES string of the molecule is COC(=O)C1=C(C(=O)OC)N(c2cc(OC)ccc2OC(F)F)COC1. The van der Waals surface area contributed by atoms with Crippen molar-refractivity contribution in [1.82, 2.24) is 0 Å². The zero-order chi connectivity index (χ0) is 19.3. The summed E-state index contributed by atoms with van der Waals surface area (Å²) in [7, 11) is 3.65. The molecule has 0 saturated heterocycles. The Morgan fingerprint density at radius 3 is 2.42 bits per heavy atom. The molecule has 10 heteroatoms.